The number of carboxylic acids is 1. The summed E-state index contributed by atoms with van der Waals surface area (Å²) in [5, 5.41) is 14.1. The average Bonchev–Trinajstić information content (AvgIpc) is 2.84. The van der Waals surface area contributed by atoms with Crippen molar-refractivity contribution in [3.05, 3.63) is 88.7 Å². The van der Waals surface area contributed by atoms with E-state index in [2.05, 4.69) is 10.1 Å². The number of rotatable bonds is 7. The fourth-order valence-electron chi connectivity index (χ4n) is 3.27. The first-order valence-corrected chi connectivity index (χ1v) is 10.2. The summed E-state index contributed by atoms with van der Waals surface area (Å²) in [5.41, 5.74) is 1.40. The second-order valence-electron chi connectivity index (χ2n) is 7.16. The number of nitrogens with zero attached hydrogens (tertiary/aromatic N) is 3. The zero-order valence-electron chi connectivity index (χ0n) is 18.0. The van der Waals surface area contributed by atoms with Crippen LogP contribution in [0.2, 0.25) is 0 Å². The number of hydrogen-bond donors (Lipinski definition) is 1. The van der Waals surface area contributed by atoms with Crippen LogP contribution in [0.25, 0.3) is 22.3 Å². The lowest BCUT2D eigenvalue weighted by molar-refractivity contribution is -0.144. The third kappa shape index (κ3) is 4.45. The van der Waals surface area contributed by atoms with Crippen LogP contribution in [-0.4, -0.2) is 40.2 Å². The number of aromatic nitrogens is 2. The summed E-state index contributed by atoms with van der Waals surface area (Å²) in [4.78, 5) is 29.3. The molecule has 1 N–H and O–H groups in total. The first-order valence-electron chi connectivity index (χ1n) is 10.2. The Kier molecular flexibility index (Phi) is 6.17. The highest BCUT2D eigenvalue weighted by molar-refractivity contribution is 5.86. The first-order chi connectivity index (χ1) is 16.0. The van der Waals surface area contributed by atoms with Crippen LogP contribution in [0.4, 0.5) is 0 Å². The van der Waals surface area contributed by atoms with Crippen molar-refractivity contribution in [3.8, 4) is 22.9 Å². The van der Waals surface area contributed by atoms with Gasteiger partial charge in [0.05, 0.1) is 24.2 Å². The van der Waals surface area contributed by atoms with Crippen molar-refractivity contribution < 1.29 is 19.4 Å². The largest absolute Gasteiger partial charge is 0.493 e. The SMILES string of the molecule is COc1cccc(C=Nn2c(-c3ccccc3)nc3ccccc3c2=O)c1O[C@@H](C)C(=O)O. The van der Waals surface area contributed by atoms with Crippen molar-refractivity contribution in [2.24, 2.45) is 5.10 Å². The average molecular weight is 443 g/mol. The fourth-order valence-corrected chi connectivity index (χ4v) is 3.27. The first kappa shape index (κ1) is 21.8. The summed E-state index contributed by atoms with van der Waals surface area (Å²) in [7, 11) is 1.46. The number of ether oxygens (including phenoxy) is 2. The quantitative estimate of drug-likeness (QED) is 0.436. The summed E-state index contributed by atoms with van der Waals surface area (Å²) in [6.45, 7) is 1.42. The van der Waals surface area contributed by atoms with E-state index in [0.717, 1.165) is 5.56 Å². The summed E-state index contributed by atoms with van der Waals surface area (Å²) < 4.78 is 12.2. The highest BCUT2D eigenvalue weighted by Gasteiger charge is 2.18. The molecule has 4 aromatic rings. The van der Waals surface area contributed by atoms with Gasteiger partial charge in [-0.1, -0.05) is 48.5 Å². The molecule has 0 amide bonds. The molecule has 8 heteroatoms. The van der Waals surface area contributed by atoms with Crippen molar-refractivity contribution in [1.82, 2.24) is 9.66 Å². The van der Waals surface area contributed by atoms with Crippen LogP contribution >= 0.6 is 0 Å². The number of carboxylic acid groups (broad SMARTS) is 1. The molecule has 0 aliphatic carbocycles. The van der Waals surface area contributed by atoms with Crippen molar-refractivity contribution in [1.29, 1.82) is 0 Å². The van der Waals surface area contributed by atoms with Crippen LogP contribution in [0.15, 0.2) is 82.7 Å². The minimum absolute atomic E-state index is 0.210. The van der Waals surface area contributed by atoms with Gasteiger partial charge in [0, 0.05) is 11.1 Å². The molecule has 0 saturated heterocycles. The smallest absolute Gasteiger partial charge is 0.344 e. The van der Waals surface area contributed by atoms with Gasteiger partial charge in [0.15, 0.2) is 23.4 Å². The van der Waals surface area contributed by atoms with Crippen LogP contribution < -0.4 is 15.0 Å². The molecule has 0 fully saturated rings. The van der Waals surface area contributed by atoms with Gasteiger partial charge in [0.2, 0.25) is 0 Å². The van der Waals surface area contributed by atoms with Gasteiger partial charge in [-0.2, -0.15) is 9.78 Å². The van der Waals surface area contributed by atoms with Gasteiger partial charge in [0.25, 0.3) is 5.56 Å². The lowest BCUT2D eigenvalue weighted by atomic mass is 10.2. The molecular formula is C25H21N3O5. The van der Waals surface area contributed by atoms with Gasteiger partial charge in [-0.15, -0.1) is 0 Å². The number of para-hydroxylation sites is 2. The predicted molar refractivity (Wildman–Crippen MR) is 125 cm³/mol. The molecule has 1 atom stereocenters. The van der Waals surface area contributed by atoms with Gasteiger partial charge in [-0.05, 0) is 31.2 Å². The van der Waals surface area contributed by atoms with E-state index < -0.39 is 12.1 Å². The predicted octanol–water partition coefficient (Wildman–Crippen LogP) is 3.81. The van der Waals surface area contributed by atoms with Crippen LogP contribution in [0.5, 0.6) is 11.5 Å². The fraction of sp³-hybridized carbons (Fsp3) is 0.120. The Morgan fingerprint density at radius 2 is 1.79 bits per heavy atom. The van der Waals surface area contributed by atoms with Crippen LogP contribution in [0.1, 0.15) is 12.5 Å². The van der Waals surface area contributed by atoms with Gasteiger partial charge < -0.3 is 14.6 Å². The third-order valence-corrected chi connectivity index (χ3v) is 4.97. The molecule has 0 aliphatic heterocycles. The summed E-state index contributed by atoms with van der Waals surface area (Å²) >= 11 is 0. The van der Waals surface area contributed by atoms with E-state index in [1.54, 1.807) is 36.4 Å². The number of aliphatic carboxylic acids is 1. The number of hydrogen-bond acceptors (Lipinski definition) is 6. The number of fused-ring (bicyclic) bond motifs is 1. The molecule has 3 aromatic carbocycles. The van der Waals surface area contributed by atoms with E-state index in [1.165, 1.54) is 24.9 Å². The van der Waals surface area contributed by atoms with E-state index in [-0.39, 0.29) is 11.3 Å². The molecule has 1 aromatic heterocycles. The zero-order chi connectivity index (χ0) is 23.4. The maximum atomic E-state index is 13.3. The molecule has 0 saturated carbocycles. The van der Waals surface area contributed by atoms with Crippen molar-refractivity contribution in [3.63, 3.8) is 0 Å². The van der Waals surface area contributed by atoms with Gasteiger partial charge in [0.1, 0.15) is 0 Å². The lowest BCUT2D eigenvalue weighted by Gasteiger charge is -2.16. The maximum Gasteiger partial charge on any atom is 0.344 e. The maximum absolute atomic E-state index is 13.3. The minimum atomic E-state index is -1.12. The Bertz CT molecular complexity index is 1400. The van der Waals surface area contributed by atoms with Crippen molar-refractivity contribution in [2.75, 3.05) is 7.11 Å². The molecule has 0 aliphatic rings. The molecule has 4 rings (SSSR count). The normalized spacial score (nSPS) is 12.1. The molecule has 0 spiro atoms. The van der Waals surface area contributed by atoms with Crippen LogP contribution in [0, 0.1) is 0 Å². The van der Waals surface area contributed by atoms with E-state index in [1.807, 2.05) is 36.4 Å². The molecule has 33 heavy (non-hydrogen) atoms. The number of methoxy groups -OCH3 is 1. The Balaban J connectivity index is 1.88. The zero-order valence-corrected chi connectivity index (χ0v) is 18.0. The second-order valence-corrected chi connectivity index (χ2v) is 7.16. The monoisotopic (exact) mass is 443 g/mol. The molecule has 0 unspecified atom stereocenters. The molecule has 166 valence electrons. The van der Waals surface area contributed by atoms with Crippen molar-refractivity contribution >= 4 is 23.1 Å². The van der Waals surface area contributed by atoms with E-state index in [9.17, 15) is 14.7 Å². The number of carbonyl (C=O) groups is 1. The Morgan fingerprint density at radius 1 is 1.06 bits per heavy atom. The Labute approximate surface area is 189 Å². The number of benzene rings is 3. The summed E-state index contributed by atoms with van der Waals surface area (Å²) in [6.07, 6.45) is 0.315. The van der Waals surface area contributed by atoms with Gasteiger partial charge in [-0.3, -0.25) is 4.79 Å². The standard InChI is InChI=1S/C25H21N3O5/c1-16(25(30)31)33-22-18(11-8-14-21(22)32-2)15-26-28-23(17-9-4-3-5-10-17)27-20-13-7-6-12-19(20)24(28)29/h3-16H,1-2H3,(H,30,31)/t16-/m0/s1. The van der Waals surface area contributed by atoms with Crippen LogP contribution in [0.3, 0.4) is 0 Å². The molecular weight excluding hydrogens is 422 g/mol. The highest BCUT2D eigenvalue weighted by Crippen LogP contribution is 2.31. The summed E-state index contributed by atoms with van der Waals surface area (Å²) in [5.74, 6) is -0.189. The third-order valence-electron chi connectivity index (χ3n) is 4.97. The van der Waals surface area contributed by atoms with E-state index >= 15 is 0 Å². The second kappa shape index (κ2) is 9.35. The highest BCUT2D eigenvalue weighted by atomic mass is 16.5. The molecule has 0 radical (unpaired) electrons. The lowest BCUT2D eigenvalue weighted by Crippen LogP contribution is -2.24. The minimum Gasteiger partial charge on any atom is -0.493 e. The van der Waals surface area contributed by atoms with Gasteiger partial charge in [-0.25, -0.2) is 9.78 Å². The Morgan fingerprint density at radius 3 is 2.52 bits per heavy atom. The Hall–Kier alpha value is -4.46. The summed E-state index contributed by atoms with van der Waals surface area (Å²) in [6, 6.07) is 21.4. The van der Waals surface area contributed by atoms with Crippen LogP contribution in [-0.2, 0) is 4.79 Å². The molecule has 0 bridgehead atoms. The van der Waals surface area contributed by atoms with E-state index in [4.69, 9.17) is 9.47 Å². The molecule has 8 nitrogen and oxygen atoms in total. The van der Waals surface area contributed by atoms with Gasteiger partial charge >= 0.3 is 5.97 Å². The van der Waals surface area contributed by atoms with E-state index in [0.29, 0.717) is 28.0 Å². The van der Waals surface area contributed by atoms with Crippen molar-refractivity contribution in [2.45, 2.75) is 13.0 Å². The molecule has 1 heterocycles. The topological polar surface area (TPSA) is 103 Å².